The third-order valence-electron chi connectivity index (χ3n) is 5.15. The third-order valence-corrected chi connectivity index (χ3v) is 5.15. The highest BCUT2D eigenvalue weighted by Crippen LogP contribution is 2.40. The molecule has 25 heavy (non-hydrogen) atoms. The van der Waals surface area contributed by atoms with E-state index in [1.807, 2.05) is 22.6 Å². The molecule has 1 aromatic heterocycles. The molecular formula is C20H26N4O. The van der Waals surface area contributed by atoms with Crippen molar-refractivity contribution in [1.82, 2.24) is 9.78 Å². The van der Waals surface area contributed by atoms with Crippen molar-refractivity contribution in [3.8, 4) is 0 Å². The fraction of sp³-hybridized carbons (Fsp3) is 0.500. The molecule has 0 bridgehead atoms. The van der Waals surface area contributed by atoms with Crippen LogP contribution in [0.25, 0.3) is 0 Å². The quantitative estimate of drug-likeness (QED) is 0.857. The molecule has 1 aliphatic heterocycles. The molecule has 2 heterocycles. The lowest BCUT2D eigenvalue weighted by Gasteiger charge is -2.38. The molecule has 0 saturated heterocycles. The van der Waals surface area contributed by atoms with Crippen LogP contribution >= 0.6 is 0 Å². The molecule has 0 unspecified atom stereocenters. The summed E-state index contributed by atoms with van der Waals surface area (Å²) < 4.78 is 1.95. The van der Waals surface area contributed by atoms with Crippen LogP contribution in [-0.2, 0) is 6.54 Å². The Morgan fingerprint density at radius 2 is 1.92 bits per heavy atom. The number of nitrogens with zero attached hydrogens (tertiary/aromatic N) is 4. The van der Waals surface area contributed by atoms with Crippen LogP contribution in [0.4, 0.5) is 11.4 Å². The molecule has 1 fully saturated rings. The molecule has 2 aromatic rings. The number of carbonyl (C=O) groups excluding carboxylic acids is 1. The predicted octanol–water partition coefficient (Wildman–Crippen LogP) is 3.48. The summed E-state index contributed by atoms with van der Waals surface area (Å²) in [5.41, 5.74) is 3.90. The second-order valence-electron chi connectivity index (χ2n) is 7.59. The number of rotatable bonds is 4. The van der Waals surface area contributed by atoms with Crippen molar-refractivity contribution in [1.29, 1.82) is 0 Å². The highest BCUT2D eigenvalue weighted by atomic mass is 16.2. The maximum Gasteiger partial charge on any atom is 0.261 e. The molecular weight excluding hydrogens is 312 g/mol. The Kier molecular flexibility index (Phi) is 4.02. The van der Waals surface area contributed by atoms with Gasteiger partial charge in [-0.1, -0.05) is 26.0 Å². The minimum atomic E-state index is 0.0652. The molecule has 1 aromatic carbocycles. The van der Waals surface area contributed by atoms with Gasteiger partial charge in [0.1, 0.15) is 0 Å². The molecule has 0 spiro atoms. The van der Waals surface area contributed by atoms with Crippen LogP contribution < -0.4 is 9.80 Å². The van der Waals surface area contributed by atoms with Gasteiger partial charge in [-0.05, 0) is 37.8 Å². The van der Waals surface area contributed by atoms with Gasteiger partial charge in [0, 0.05) is 31.4 Å². The van der Waals surface area contributed by atoms with Gasteiger partial charge < -0.3 is 9.80 Å². The molecule has 1 amide bonds. The van der Waals surface area contributed by atoms with E-state index in [0.717, 1.165) is 36.6 Å². The van der Waals surface area contributed by atoms with Crippen molar-refractivity contribution < 1.29 is 4.79 Å². The molecule has 4 rings (SSSR count). The molecule has 0 radical (unpaired) electrons. The van der Waals surface area contributed by atoms with E-state index in [1.165, 1.54) is 18.5 Å². The minimum Gasteiger partial charge on any atom is -0.365 e. The number of anilines is 2. The number of carbonyl (C=O) groups is 1. The topological polar surface area (TPSA) is 41.4 Å². The summed E-state index contributed by atoms with van der Waals surface area (Å²) in [6, 6.07) is 8.95. The lowest BCUT2D eigenvalue weighted by molar-refractivity contribution is 0.0985. The summed E-state index contributed by atoms with van der Waals surface area (Å²) in [6.07, 6.45) is 4.27. The van der Waals surface area contributed by atoms with E-state index in [9.17, 15) is 4.79 Å². The van der Waals surface area contributed by atoms with E-state index < -0.39 is 0 Å². The van der Waals surface area contributed by atoms with Gasteiger partial charge in [0.05, 0.1) is 23.1 Å². The average molecular weight is 338 g/mol. The van der Waals surface area contributed by atoms with Crippen molar-refractivity contribution >= 4 is 17.3 Å². The van der Waals surface area contributed by atoms with Gasteiger partial charge in [0.2, 0.25) is 0 Å². The molecule has 1 saturated carbocycles. The first-order valence-electron chi connectivity index (χ1n) is 9.26. The van der Waals surface area contributed by atoms with Gasteiger partial charge in [-0.3, -0.25) is 9.48 Å². The minimum absolute atomic E-state index is 0.0652. The molecule has 5 nitrogen and oxygen atoms in total. The Hall–Kier alpha value is -2.30. The summed E-state index contributed by atoms with van der Waals surface area (Å²) in [5, 5.41) is 4.44. The van der Waals surface area contributed by atoms with Gasteiger partial charge in [-0.25, -0.2) is 0 Å². The van der Waals surface area contributed by atoms with Crippen LogP contribution in [-0.4, -0.2) is 34.8 Å². The Morgan fingerprint density at radius 1 is 1.20 bits per heavy atom. The lowest BCUT2D eigenvalue weighted by Crippen LogP contribution is -2.45. The Balaban J connectivity index is 1.64. The van der Waals surface area contributed by atoms with Gasteiger partial charge in [-0.15, -0.1) is 0 Å². The lowest BCUT2D eigenvalue weighted by atomic mass is 10.1. The van der Waals surface area contributed by atoms with E-state index in [1.54, 1.807) is 6.20 Å². The zero-order valence-corrected chi connectivity index (χ0v) is 15.3. The largest absolute Gasteiger partial charge is 0.365 e. The summed E-state index contributed by atoms with van der Waals surface area (Å²) in [4.78, 5) is 17.6. The smallest absolute Gasteiger partial charge is 0.261 e. The number of aromatic nitrogens is 2. The standard InChI is InChI=1S/C20H26N4O/c1-14(2)13-24-15(3)17(12-21-24)20(25)23-11-10-22(16-8-9-16)18-6-4-5-7-19(18)23/h4-7,12,14,16H,8-11,13H2,1-3H3. The van der Waals surface area contributed by atoms with E-state index in [-0.39, 0.29) is 5.91 Å². The fourth-order valence-corrected chi connectivity index (χ4v) is 3.69. The van der Waals surface area contributed by atoms with Crippen LogP contribution in [0.15, 0.2) is 30.5 Å². The normalized spacial score (nSPS) is 17.1. The summed E-state index contributed by atoms with van der Waals surface area (Å²) >= 11 is 0. The van der Waals surface area contributed by atoms with Crippen LogP contribution in [0.5, 0.6) is 0 Å². The highest BCUT2D eigenvalue weighted by Gasteiger charge is 2.36. The fourth-order valence-electron chi connectivity index (χ4n) is 3.69. The maximum absolute atomic E-state index is 13.2. The van der Waals surface area contributed by atoms with Crippen LogP contribution in [0.3, 0.4) is 0 Å². The molecule has 0 atom stereocenters. The molecule has 132 valence electrons. The first-order chi connectivity index (χ1) is 12.1. The molecule has 5 heteroatoms. The van der Waals surface area contributed by atoms with Crippen molar-refractivity contribution in [2.24, 2.45) is 5.92 Å². The third kappa shape index (κ3) is 2.92. The Morgan fingerprint density at radius 3 is 2.60 bits per heavy atom. The zero-order chi connectivity index (χ0) is 17.6. The van der Waals surface area contributed by atoms with Gasteiger partial charge in [0.25, 0.3) is 5.91 Å². The summed E-state index contributed by atoms with van der Waals surface area (Å²) in [7, 11) is 0. The number of hydrogen-bond acceptors (Lipinski definition) is 3. The van der Waals surface area contributed by atoms with Gasteiger partial charge >= 0.3 is 0 Å². The Bertz CT molecular complexity index is 791. The summed E-state index contributed by atoms with van der Waals surface area (Å²) in [6.45, 7) is 8.81. The predicted molar refractivity (Wildman–Crippen MR) is 100 cm³/mol. The molecule has 1 aliphatic carbocycles. The number of amides is 1. The second kappa shape index (κ2) is 6.21. The SMILES string of the molecule is Cc1c(C(=O)N2CCN(C3CC3)c3ccccc32)cnn1CC(C)C. The first kappa shape index (κ1) is 16.2. The maximum atomic E-state index is 13.2. The van der Waals surface area contributed by atoms with Gasteiger partial charge in [0.15, 0.2) is 0 Å². The van der Waals surface area contributed by atoms with E-state index >= 15 is 0 Å². The zero-order valence-electron chi connectivity index (χ0n) is 15.3. The van der Waals surface area contributed by atoms with E-state index in [2.05, 4.69) is 42.0 Å². The van der Waals surface area contributed by atoms with Crippen LogP contribution in [0, 0.1) is 12.8 Å². The van der Waals surface area contributed by atoms with Crippen LogP contribution in [0.1, 0.15) is 42.7 Å². The number of fused-ring (bicyclic) bond motifs is 1. The average Bonchev–Trinajstić information content (AvgIpc) is 3.38. The first-order valence-corrected chi connectivity index (χ1v) is 9.26. The molecule has 2 aliphatic rings. The van der Waals surface area contributed by atoms with Crippen molar-refractivity contribution in [3.63, 3.8) is 0 Å². The van der Waals surface area contributed by atoms with Crippen molar-refractivity contribution in [2.45, 2.75) is 46.2 Å². The number of para-hydroxylation sites is 2. The highest BCUT2D eigenvalue weighted by molar-refractivity contribution is 6.09. The molecule has 0 N–H and O–H groups in total. The number of benzene rings is 1. The number of hydrogen-bond donors (Lipinski definition) is 0. The summed E-state index contributed by atoms with van der Waals surface area (Å²) in [5.74, 6) is 0.569. The van der Waals surface area contributed by atoms with Gasteiger partial charge in [-0.2, -0.15) is 5.10 Å². The van der Waals surface area contributed by atoms with E-state index in [0.29, 0.717) is 12.0 Å². The van der Waals surface area contributed by atoms with Crippen molar-refractivity contribution in [3.05, 3.63) is 41.7 Å². The van der Waals surface area contributed by atoms with E-state index in [4.69, 9.17) is 0 Å². The van der Waals surface area contributed by atoms with Crippen molar-refractivity contribution in [2.75, 3.05) is 22.9 Å². The monoisotopic (exact) mass is 338 g/mol. The second-order valence-corrected chi connectivity index (χ2v) is 7.59. The van der Waals surface area contributed by atoms with Crippen LogP contribution in [0.2, 0.25) is 0 Å². The Labute approximate surface area is 149 Å².